The number of alkyl halides is 1. The standard InChI is InChI=1S/C34H32F2N4O2S/c1-2-20-5-3-6-21-13-25(41)14-28(29(20)21)26-9-10-27-31(30(26)36)37-33(38-32(27)40-23-7-8-24(40)18-43-17-23)42-19-34-11-4-12-39(34)16-22(35)15-34/h1,3,5-6,9-10,13-14,22-24,41H,4,7-8,11-12,15-19H2/t22-,23?,24?,34+/m1/s1. The van der Waals surface area contributed by atoms with Gasteiger partial charge in [-0.3, -0.25) is 4.90 Å². The Bertz CT molecular complexity index is 1800. The number of ether oxygens (including phenoxy) is 1. The van der Waals surface area contributed by atoms with Crippen molar-refractivity contribution in [2.24, 2.45) is 0 Å². The average molecular weight is 599 g/mol. The van der Waals surface area contributed by atoms with Crippen molar-refractivity contribution in [1.29, 1.82) is 0 Å². The van der Waals surface area contributed by atoms with Crippen LogP contribution < -0.4 is 9.64 Å². The van der Waals surface area contributed by atoms with Crippen LogP contribution in [0.3, 0.4) is 0 Å². The third-order valence-electron chi connectivity index (χ3n) is 9.89. The Labute approximate surface area is 253 Å². The van der Waals surface area contributed by atoms with Crippen LogP contribution in [0.1, 0.15) is 37.7 Å². The van der Waals surface area contributed by atoms with Gasteiger partial charge in [-0.1, -0.05) is 24.1 Å². The molecule has 2 unspecified atom stereocenters. The fourth-order valence-electron chi connectivity index (χ4n) is 7.96. The first kappa shape index (κ1) is 27.0. The third kappa shape index (κ3) is 4.33. The minimum atomic E-state index is -0.872. The van der Waals surface area contributed by atoms with Crippen molar-refractivity contribution in [3.05, 3.63) is 53.8 Å². The smallest absolute Gasteiger partial charge is 0.319 e. The zero-order valence-electron chi connectivity index (χ0n) is 23.7. The minimum absolute atomic E-state index is 0.0223. The molecule has 43 heavy (non-hydrogen) atoms. The van der Waals surface area contributed by atoms with E-state index in [-0.39, 0.29) is 29.4 Å². The molecule has 0 radical (unpaired) electrons. The van der Waals surface area contributed by atoms with Crippen LogP contribution in [-0.2, 0) is 0 Å². The number of terminal acetylenes is 1. The van der Waals surface area contributed by atoms with Crippen molar-refractivity contribution in [2.75, 3.05) is 36.1 Å². The number of rotatable bonds is 5. The molecule has 4 aliphatic rings. The van der Waals surface area contributed by atoms with Gasteiger partial charge in [0.05, 0.1) is 5.54 Å². The molecule has 4 aliphatic heterocycles. The molecule has 0 aliphatic carbocycles. The highest BCUT2D eigenvalue weighted by atomic mass is 32.2. The van der Waals surface area contributed by atoms with Gasteiger partial charge in [0.2, 0.25) is 0 Å². The van der Waals surface area contributed by atoms with E-state index in [4.69, 9.17) is 16.1 Å². The first-order valence-electron chi connectivity index (χ1n) is 15.0. The molecule has 1 aromatic heterocycles. The van der Waals surface area contributed by atoms with E-state index in [0.717, 1.165) is 49.1 Å². The summed E-state index contributed by atoms with van der Waals surface area (Å²) in [6, 6.07) is 13.0. The minimum Gasteiger partial charge on any atom is -0.508 e. The Morgan fingerprint density at radius 1 is 1.12 bits per heavy atom. The molecule has 4 atom stereocenters. The number of anilines is 1. The lowest BCUT2D eigenvalue weighted by molar-refractivity contribution is 0.107. The summed E-state index contributed by atoms with van der Waals surface area (Å²) >= 11 is 1.96. The van der Waals surface area contributed by atoms with Crippen LogP contribution in [0.5, 0.6) is 11.8 Å². The SMILES string of the molecule is C#Cc1cccc2cc(O)cc(-c3ccc4c(N5C6CCC5CSC6)nc(OC[C@@]56CCCN5C[C@H](F)C6)nc4c3F)c12. The Morgan fingerprint density at radius 3 is 2.77 bits per heavy atom. The maximum atomic E-state index is 16.8. The fourth-order valence-corrected chi connectivity index (χ4v) is 9.30. The summed E-state index contributed by atoms with van der Waals surface area (Å²) in [5.74, 6) is 4.90. The van der Waals surface area contributed by atoms with Crippen molar-refractivity contribution < 1.29 is 18.6 Å². The second-order valence-electron chi connectivity index (χ2n) is 12.4. The summed E-state index contributed by atoms with van der Waals surface area (Å²) in [7, 11) is 0. The molecule has 0 spiro atoms. The zero-order chi connectivity index (χ0) is 29.3. The van der Waals surface area contributed by atoms with Crippen molar-refractivity contribution in [3.8, 4) is 35.2 Å². The van der Waals surface area contributed by atoms with Crippen LogP contribution in [-0.4, -0.2) is 75.0 Å². The molecule has 2 bridgehead atoms. The van der Waals surface area contributed by atoms with Gasteiger partial charge in [0.25, 0.3) is 0 Å². The Hall–Kier alpha value is -3.61. The lowest BCUT2D eigenvalue weighted by Crippen LogP contribution is -2.44. The van der Waals surface area contributed by atoms with E-state index < -0.39 is 12.0 Å². The molecule has 4 saturated heterocycles. The molecule has 5 heterocycles. The predicted octanol–water partition coefficient (Wildman–Crippen LogP) is 6.32. The van der Waals surface area contributed by atoms with Crippen LogP contribution >= 0.6 is 11.8 Å². The second-order valence-corrected chi connectivity index (χ2v) is 13.5. The van der Waals surface area contributed by atoms with Gasteiger partial charge in [0, 0.05) is 58.5 Å². The molecule has 0 amide bonds. The number of halogens is 2. The zero-order valence-corrected chi connectivity index (χ0v) is 24.5. The molecule has 9 heteroatoms. The number of benzene rings is 3. The Kier molecular flexibility index (Phi) is 6.43. The van der Waals surface area contributed by atoms with Gasteiger partial charge in [-0.05, 0) is 67.4 Å². The third-order valence-corrected chi connectivity index (χ3v) is 11.1. The van der Waals surface area contributed by atoms with Crippen molar-refractivity contribution in [2.45, 2.75) is 55.9 Å². The molecule has 1 N–H and O–H groups in total. The Balaban J connectivity index is 1.29. The van der Waals surface area contributed by atoms with Crippen molar-refractivity contribution in [3.63, 3.8) is 0 Å². The van der Waals surface area contributed by atoms with Crippen molar-refractivity contribution in [1.82, 2.24) is 14.9 Å². The number of fused-ring (bicyclic) bond motifs is 5. The molecular formula is C34H32F2N4O2S. The molecular weight excluding hydrogens is 566 g/mol. The topological polar surface area (TPSA) is 61.7 Å². The lowest BCUT2D eigenvalue weighted by Gasteiger charge is -2.36. The van der Waals surface area contributed by atoms with E-state index >= 15 is 4.39 Å². The van der Waals surface area contributed by atoms with E-state index in [1.54, 1.807) is 18.2 Å². The van der Waals surface area contributed by atoms with Gasteiger partial charge >= 0.3 is 6.01 Å². The van der Waals surface area contributed by atoms with Gasteiger partial charge in [-0.25, -0.2) is 8.78 Å². The summed E-state index contributed by atoms with van der Waals surface area (Å²) in [6.07, 6.45) is 9.40. The van der Waals surface area contributed by atoms with Gasteiger partial charge in [-0.15, -0.1) is 6.42 Å². The Morgan fingerprint density at radius 2 is 1.95 bits per heavy atom. The average Bonchev–Trinajstić information content (AvgIpc) is 3.61. The normalized spacial score (nSPS) is 26.7. The molecule has 6 nitrogen and oxygen atoms in total. The fraction of sp³-hybridized carbons (Fsp3) is 0.412. The number of aromatic hydroxyl groups is 1. The first-order chi connectivity index (χ1) is 20.9. The van der Waals surface area contributed by atoms with E-state index in [9.17, 15) is 9.50 Å². The molecule has 8 rings (SSSR count). The number of phenols is 1. The summed E-state index contributed by atoms with van der Waals surface area (Å²) in [4.78, 5) is 14.1. The van der Waals surface area contributed by atoms with Crippen LogP contribution in [0.4, 0.5) is 14.6 Å². The van der Waals surface area contributed by atoms with Crippen molar-refractivity contribution >= 4 is 39.3 Å². The predicted molar refractivity (Wildman–Crippen MR) is 167 cm³/mol. The summed E-state index contributed by atoms with van der Waals surface area (Å²) in [6.45, 7) is 1.56. The van der Waals surface area contributed by atoms with Crippen LogP contribution in [0.25, 0.3) is 32.8 Å². The molecule has 3 aromatic carbocycles. The molecule has 4 fully saturated rings. The maximum absolute atomic E-state index is 16.8. The quantitative estimate of drug-likeness (QED) is 0.270. The largest absolute Gasteiger partial charge is 0.508 e. The monoisotopic (exact) mass is 598 g/mol. The number of phenolic OH excluding ortho intramolecular Hbond substituents is 1. The summed E-state index contributed by atoms with van der Waals surface area (Å²) in [5, 5.41) is 12.6. The van der Waals surface area contributed by atoms with E-state index in [1.165, 1.54) is 0 Å². The molecule has 0 saturated carbocycles. The van der Waals surface area contributed by atoms with Gasteiger partial charge in [-0.2, -0.15) is 21.7 Å². The second kappa shape index (κ2) is 10.2. The molecule has 220 valence electrons. The van der Waals surface area contributed by atoms with Crippen LogP contribution in [0, 0.1) is 18.2 Å². The highest BCUT2D eigenvalue weighted by Crippen LogP contribution is 2.44. The van der Waals surface area contributed by atoms with Gasteiger partial charge in [0.15, 0.2) is 5.82 Å². The summed E-state index contributed by atoms with van der Waals surface area (Å²) < 4.78 is 37.6. The van der Waals surface area contributed by atoms with E-state index in [2.05, 4.69) is 20.7 Å². The highest BCUT2D eigenvalue weighted by Gasteiger charge is 2.49. The number of nitrogens with zero attached hydrogens (tertiary/aromatic N) is 4. The number of aromatic nitrogens is 2. The number of hydrogen-bond donors (Lipinski definition) is 1. The van der Waals surface area contributed by atoms with Crippen LogP contribution in [0.15, 0.2) is 42.5 Å². The number of thioether (sulfide) groups is 1. The first-order valence-corrected chi connectivity index (χ1v) is 16.2. The lowest BCUT2D eigenvalue weighted by atomic mass is 9.93. The van der Waals surface area contributed by atoms with Gasteiger partial charge in [0.1, 0.15) is 29.9 Å². The van der Waals surface area contributed by atoms with E-state index in [1.807, 2.05) is 36.0 Å². The maximum Gasteiger partial charge on any atom is 0.319 e. The summed E-state index contributed by atoms with van der Waals surface area (Å²) in [5.41, 5.74) is 1.21. The van der Waals surface area contributed by atoms with Crippen LogP contribution in [0.2, 0.25) is 0 Å². The van der Waals surface area contributed by atoms with Gasteiger partial charge < -0.3 is 14.7 Å². The van der Waals surface area contributed by atoms with E-state index in [0.29, 0.717) is 58.3 Å². The number of hydrogen-bond acceptors (Lipinski definition) is 7. The highest BCUT2D eigenvalue weighted by molar-refractivity contribution is 7.99. The molecule has 4 aromatic rings.